The molecule has 10 heteroatoms. The summed E-state index contributed by atoms with van der Waals surface area (Å²) in [5.74, 6) is 1.80. The summed E-state index contributed by atoms with van der Waals surface area (Å²) in [4.78, 5) is 6.43. The van der Waals surface area contributed by atoms with Crippen molar-refractivity contribution in [3.63, 3.8) is 0 Å². The van der Waals surface area contributed by atoms with Crippen molar-refractivity contribution in [1.82, 2.24) is 4.98 Å². The first-order chi connectivity index (χ1) is 17.8. The van der Waals surface area contributed by atoms with Crippen LogP contribution in [0, 0.1) is 0 Å². The Hall–Kier alpha value is -3.24. The molecule has 1 saturated heterocycles. The molecule has 1 aromatic heterocycles. The second-order valence-electron chi connectivity index (χ2n) is 10.2. The molecule has 0 N–H and O–H groups in total. The van der Waals surface area contributed by atoms with Crippen LogP contribution in [0.5, 0.6) is 11.5 Å². The first kappa shape index (κ1) is 27.8. The van der Waals surface area contributed by atoms with Crippen molar-refractivity contribution < 1.29 is 32.0 Å². The molecule has 0 amide bonds. The van der Waals surface area contributed by atoms with Crippen LogP contribution in [0.25, 0.3) is 0 Å². The number of hydrogen-bond donors (Lipinski definition) is 0. The van der Waals surface area contributed by atoms with Crippen molar-refractivity contribution >= 4 is 18.5 Å². The fourth-order valence-electron chi connectivity index (χ4n) is 4.13. The second-order valence-corrected chi connectivity index (χ2v) is 10.2. The van der Waals surface area contributed by atoms with E-state index in [1.807, 2.05) is 53.4 Å². The zero-order valence-corrected chi connectivity index (χ0v) is 22.4. The van der Waals surface area contributed by atoms with Gasteiger partial charge in [-0.15, -0.1) is 0 Å². The zero-order valence-electron chi connectivity index (χ0n) is 22.4. The maximum Gasteiger partial charge on any atom is 0.515 e. The number of rotatable bonds is 8. The molecule has 202 valence electrons. The van der Waals surface area contributed by atoms with Crippen LogP contribution in [0.3, 0.4) is 0 Å². The van der Waals surface area contributed by atoms with E-state index in [0.717, 1.165) is 17.2 Å². The van der Waals surface area contributed by atoms with E-state index in [1.54, 1.807) is 41.9 Å². The van der Waals surface area contributed by atoms with Gasteiger partial charge in [0.1, 0.15) is 17.3 Å². The number of pyridine rings is 1. The quantitative estimate of drug-likeness (QED) is 0.354. The Kier molecular flexibility index (Phi) is 7.68. The number of ether oxygens (including phenoxy) is 2. The van der Waals surface area contributed by atoms with Crippen molar-refractivity contribution in [3.8, 4) is 11.5 Å². The van der Waals surface area contributed by atoms with E-state index in [2.05, 4.69) is 4.98 Å². The molecule has 38 heavy (non-hydrogen) atoms. The molecule has 1 fully saturated rings. The number of aromatic nitrogens is 1. The van der Waals surface area contributed by atoms with Crippen molar-refractivity contribution in [2.45, 2.75) is 58.2 Å². The minimum atomic E-state index is -4.62. The molecule has 1 aliphatic rings. The van der Waals surface area contributed by atoms with E-state index >= 15 is 0 Å². The lowest BCUT2D eigenvalue weighted by molar-refractivity contribution is -0.137. The van der Waals surface area contributed by atoms with Gasteiger partial charge in [-0.05, 0) is 75.2 Å². The fraction of sp³-hybridized carbons (Fsp3) is 0.393. The van der Waals surface area contributed by atoms with Gasteiger partial charge in [-0.25, -0.2) is 4.98 Å². The molecule has 0 unspecified atom stereocenters. The fourth-order valence-corrected chi connectivity index (χ4v) is 4.13. The normalized spacial score (nSPS) is 16.4. The maximum atomic E-state index is 14.1. The minimum Gasteiger partial charge on any atom is -0.497 e. The average Bonchev–Trinajstić information content (AvgIpc) is 3.10. The smallest absolute Gasteiger partial charge is 0.497 e. The summed E-state index contributed by atoms with van der Waals surface area (Å²) in [6.45, 7) is 7.98. The lowest BCUT2D eigenvalue weighted by atomic mass is 9.80. The van der Waals surface area contributed by atoms with Crippen LogP contribution in [0.1, 0.15) is 44.4 Å². The van der Waals surface area contributed by atoms with Crippen LogP contribution >= 0.6 is 0 Å². The highest BCUT2D eigenvalue weighted by molar-refractivity contribution is 6.61. The standard InChI is InChI=1S/C28H32BF3N2O4/c1-26(2)27(3,4)38-29(37-26)25-23(28(30,31)32)15-16-24(33-25)34(17-19-7-11-21(35-5)12-8-19)18-20-9-13-22(36-6)14-10-20/h7-16H,17-18H2,1-6H3. The third-order valence-corrected chi connectivity index (χ3v) is 7.08. The highest BCUT2D eigenvalue weighted by Crippen LogP contribution is 2.38. The number of benzene rings is 2. The lowest BCUT2D eigenvalue weighted by Crippen LogP contribution is -2.42. The summed E-state index contributed by atoms with van der Waals surface area (Å²) in [6, 6.07) is 17.5. The average molecular weight is 528 g/mol. The molecule has 0 bridgehead atoms. The predicted octanol–water partition coefficient (Wildman–Crippen LogP) is 5.62. The Morgan fingerprint density at radius 2 is 1.21 bits per heavy atom. The van der Waals surface area contributed by atoms with E-state index in [9.17, 15) is 13.2 Å². The molecule has 0 spiro atoms. The molecule has 0 aliphatic carbocycles. The minimum absolute atomic E-state index is 0.289. The van der Waals surface area contributed by atoms with Crippen LogP contribution in [-0.4, -0.2) is 37.5 Å². The Morgan fingerprint density at radius 1 is 0.763 bits per heavy atom. The summed E-state index contributed by atoms with van der Waals surface area (Å²) < 4.78 is 64.7. The number of halogens is 3. The maximum absolute atomic E-state index is 14.1. The summed E-state index contributed by atoms with van der Waals surface area (Å²) in [7, 11) is 1.92. The van der Waals surface area contributed by atoms with Crippen LogP contribution in [-0.2, 0) is 28.6 Å². The Balaban J connectivity index is 1.75. The molecular weight excluding hydrogens is 496 g/mol. The zero-order chi connectivity index (χ0) is 27.7. The van der Waals surface area contributed by atoms with Gasteiger partial charge in [0.05, 0.1) is 36.6 Å². The van der Waals surface area contributed by atoms with Gasteiger partial charge in [0.25, 0.3) is 0 Å². The van der Waals surface area contributed by atoms with Crippen molar-refractivity contribution in [2.75, 3.05) is 19.1 Å². The highest BCUT2D eigenvalue weighted by Gasteiger charge is 2.54. The van der Waals surface area contributed by atoms with Gasteiger partial charge in [0, 0.05) is 13.1 Å². The molecule has 6 nitrogen and oxygen atoms in total. The summed E-state index contributed by atoms with van der Waals surface area (Å²) in [6.07, 6.45) is -4.62. The van der Waals surface area contributed by atoms with Crippen molar-refractivity contribution in [1.29, 1.82) is 0 Å². The van der Waals surface area contributed by atoms with E-state index in [4.69, 9.17) is 18.8 Å². The molecule has 0 atom stereocenters. The molecule has 0 saturated carbocycles. The third kappa shape index (κ3) is 5.91. The number of alkyl halides is 3. The Morgan fingerprint density at radius 3 is 1.61 bits per heavy atom. The molecular formula is C28H32BF3N2O4. The van der Waals surface area contributed by atoms with E-state index in [1.165, 1.54) is 6.07 Å². The third-order valence-electron chi connectivity index (χ3n) is 7.08. The molecule has 3 aromatic rings. The first-order valence-electron chi connectivity index (χ1n) is 12.3. The largest absolute Gasteiger partial charge is 0.515 e. The first-order valence-corrected chi connectivity index (χ1v) is 12.3. The van der Waals surface area contributed by atoms with Crippen molar-refractivity contribution in [2.24, 2.45) is 0 Å². The van der Waals surface area contributed by atoms with Crippen LogP contribution < -0.4 is 20.0 Å². The number of hydrogen-bond acceptors (Lipinski definition) is 6. The molecule has 4 rings (SSSR count). The lowest BCUT2D eigenvalue weighted by Gasteiger charge is -2.32. The molecule has 1 aliphatic heterocycles. The monoisotopic (exact) mass is 528 g/mol. The van der Waals surface area contributed by atoms with Gasteiger partial charge < -0.3 is 23.7 Å². The topological polar surface area (TPSA) is 53.1 Å². The Bertz CT molecular complexity index is 1180. The SMILES string of the molecule is COc1ccc(CN(Cc2ccc(OC)cc2)c2ccc(C(F)(F)F)c(B3OC(C)(C)C(C)(C)O3)n2)cc1. The van der Waals surface area contributed by atoms with Gasteiger partial charge in [-0.2, -0.15) is 13.2 Å². The Labute approximate surface area is 221 Å². The van der Waals surface area contributed by atoms with Crippen molar-refractivity contribution in [3.05, 3.63) is 77.4 Å². The summed E-state index contributed by atoms with van der Waals surface area (Å²) in [5, 5.41) is 0. The number of methoxy groups -OCH3 is 2. The number of anilines is 1. The van der Waals surface area contributed by atoms with E-state index in [0.29, 0.717) is 30.4 Å². The second kappa shape index (κ2) is 10.5. The molecule has 2 aromatic carbocycles. The number of nitrogens with zero attached hydrogens (tertiary/aromatic N) is 2. The van der Waals surface area contributed by atoms with E-state index < -0.39 is 30.1 Å². The van der Waals surface area contributed by atoms with E-state index in [-0.39, 0.29) is 5.59 Å². The van der Waals surface area contributed by atoms with Gasteiger partial charge in [-0.3, -0.25) is 0 Å². The van der Waals surface area contributed by atoms with Gasteiger partial charge in [-0.1, -0.05) is 24.3 Å². The summed E-state index contributed by atoms with van der Waals surface area (Å²) >= 11 is 0. The highest BCUT2D eigenvalue weighted by atomic mass is 19.4. The predicted molar refractivity (Wildman–Crippen MR) is 141 cm³/mol. The van der Waals surface area contributed by atoms with Crippen LogP contribution in [0.15, 0.2) is 60.7 Å². The van der Waals surface area contributed by atoms with Gasteiger partial charge >= 0.3 is 13.3 Å². The van der Waals surface area contributed by atoms with Crippen LogP contribution in [0.4, 0.5) is 19.0 Å². The summed E-state index contributed by atoms with van der Waals surface area (Å²) in [5.41, 5.74) is -0.915. The van der Waals surface area contributed by atoms with Crippen LogP contribution in [0.2, 0.25) is 0 Å². The molecule has 0 radical (unpaired) electrons. The molecule has 2 heterocycles. The van der Waals surface area contributed by atoms with Gasteiger partial charge in [0.15, 0.2) is 0 Å². The van der Waals surface area contributed by atoms with Gasteiger partial charge in [0.2, 0.25) is 0 Å².